The summed E-state index contributed by atoms with van der Waals surface area (Å²) in [4.78, 5) is 11.8. The summed E-state index contributed by atoms with van der Waals surface area (Å²) in [7, 11) is -1.37. The first-order valence-corrected chi connectivity index (χ1v) is 11.8. The van der Waals surface area contributed by atoms with Gasteiger partial charge in [-0.2, -0.15) is 0 Å². The molecule has 0 saturated carbocycles. The second-order valence-electron chi connectivity index (χ2n) is 8.69. The molecule has 154 valence electrons. The highest BCUT2D eigenvalue weighted by Gasteiger charge is 2.56. The van der Waals surface area contributed by atoms with Gasteiger partial charge in [-0.25, -0.2) is 4.79 Å². The standard InChI is InChI=1S/C24H30O4Si/c1-23(2,3)29(19-12-8-6-9-13-19,20-14-10-7-11-15-20)28-21(24(4)18-27-24)16-17-22(25)26-5/h6-17,21H,18H2,1-5H3/b17-16+/t21-,24-/m1/s1. The summed E-state index contributed by atoms with van der Waals surface area (Å²) < 4.78 is 17.7. The zero-order valence-corrected chi connectivity index (χ0v) is 18.8. The van der Waals surface area contributed by atoms with Crippen molar-refractivity contribution in [1.29, 1.82) is 0 Å². The van der Waals surface area contributed by atoms with Gasteiger partial charge in [0.1, 0.15) is 5.60 Å². The summed E-state index contributed by atoms with van der Waals surface area (Å²) >= 11 is 0. The zero-order valence-electron chi connectivity index (χ0n) is 17.8. The van der Waals surface area contributed by atoms with Crippen molar-refractivity contribution in [2.45, 2.75) is 44.4 Å². The molecule has 2 atom stereocenters. The maximum Gasteiger partial charge on any atom is 0.330 e. The molecule has 1 aliphatic heterocycles. The molecule has 0 radical (unpaired) electrons. The van der Waals surface area contributed by atoms with Gasteiger partial charge in [0.15, 0.2) is 0 Å². The van der Waals surface area contributed by atoms with Crippen molar-refractivity contribution in [3.63, 3.8) is 0 Å². The molecule has 2 aromatic carbocycles. The van der Waals surface area contributed by atoms with E-state index in [-0.39, 0.29) is 11.1 Å². The third-order valence-electron chi connectivity index (χ3n) is 5.53. The number of methoxy groups -OCH3 is 1. The summed E-state index contributed by atoms with van der Waals surface area (Å²) in [5.41, 5.74) is -0.447. The Morgan fingerprint density at radius 1 is 1.07 bits per heavy atom. The highest BCUT2D eigenvalue weighted by molar-refractivity contribution is 6.99. The van der Waals surface area contributed by atoms with Gasteiger partial charge in [0.2, 0.25) is 0 Å². The second-order valence-corrected chi connectivity index (χ2v) is 12.9. The minimum Gasteiger partial charge on any atom is -0.466 e. The topological polar surface area (TPSA) is 48.1 Å². The first-order valence-electron chi connectivity index (χ1n) is 9.92. The number of benzene rings is 2. The van der Waals surface area contributed by atoms with E-state index in [2.05, 4.69) is 69.3 Å². The molecule has 5 heteroatoms. The summed E-state index contributed by atoms with van der Waals surface area (Å²) in [6.07, 6.45) is 2.86. The molecule has 1 aliphatic rings. The molecular formula is C24H30O4Si. The number of carbonyl (C=O) groups excluding carboxylic acids is 1. The quantitative estimate of drug-likeness (QED) is 0.304. The van der Waals surface area contributed by atoms with E-state index in [0.29, 0.717) is 6.61 Å². The van der Waals surface area contributed by atoms with Gasteiger partial charge in [-0.3, -0.25) is 0 Å². The van der Waals surface area contributed by atoms with Crippen LogP contribution in [0, 0.1) is 0 Å². The number of epoxide rings is 1. The van der Waals surface area contributed by atoms with Crippen molar-refractivity contribution >= 4 is 24.7 Å². The van der Waals surface area contributed by atoms with E-state index in [4.69, 9.17) is 13.9 Å². The van der Waals surface area contributed by atoms with Crippen LogP contribution in [-0.4, -0.2) is 39.7 Å². The van der Waals surface area contributed by atoms with E-state index in [0.717, 1.165) is 0 Å². The van der Waals surface area contributed by atoms with Crippen LogP contribution in [-0.2, 0) is 18.7 Å². The van der Waals surface area contributed by atoms with E-state index in [1.807, 2.05) is 19.1 Å². The molecule has 0 N–H and O–H groups in total. The van der Waals surface area contributed by atoms with Crippen LogP contribution in [0.3, 0.4) is 0 Å². The van der Waals surface area contributed by atoms with Crippen molar-refractivity contribution in [2.24, 2.45) is 0 Å². The van der Waals surface area contributed by atoms with Crippen molar-refractivity contribution in [1.82, 2.24) is 0 Å². The third-order valence-corrected chi connectivity index (χ3v) is 10.5. The van der Waals surface area contributed by atoms with Gasteiger partial charge >= 0.3 is 5.97 Å². The lowest BCUT2D eigenvalue weighted by molar-refractivity contribution is -0.134. The average Bonchev–Trinajstić information content (AvgIpc) is 3.46. The molecule has 0 aliphatic carbocycles. The van der Waals surface area contributed by atoms with Crippen LogP contribution >= 0.6 is 0 Å². The number of ether oxygens (including phenoxy) is 2. The van der Waals surface area contributed by atoms with Gasteiger partial charge in [0.05, 0.1) is 19.8 Å². The Morgan fingerprint density at radius 2 is 1.55 bits per heavy atom. The van der Waals surface area contributed by atoms with E-state index in [9.17, 15) is 4.79 Å². The van der Waals surface area contributed by atoms with Crippen LogP contribution in [0.1, 0.15) is 27.7 Å². The fourth-order valence-corrected chi connectivity index (χ4v) is 8.48. The fourth-order valence-electron chi connectivity index (χ4n) is 3.76. The van der Waals surface area contributed by atoms with Gasteiger partial charge in [-0.15, -0.1) is 0 Å². The summed E-state index contributed by atoms with van der Waals surface area (Å²) in [6, 6.07) is 20.9. The van der Waals surface area contributed by atoms with Gasteiger partial charge in [0.25, 0.3) is 8.32 Å². The van der Waals surface area contributed by atoms with Crippen LogP contribution < -0.4 is 10.4 Å². The van der Waals surface area contributed by atoms with Gasteiger partial charge < -0.3 is 13.9 Å². The SMILES string of the molecule is COC(=O)/C=C/[C@@H](O[Si](c1ccccc1)(c1ccccc1)C(C)(C)C)[C@@]1(C)CO1. The van der Waals surface area contributed by atoms with Crippen molar-refractivity contribution < 1.29 is 18.7 Å². The van der Waals surface area contributed by atoms with Crippen molar-refractivity contribution in [3.8, 4) is 0 Å². The van der Waals surface area contributed by atoms with E-state index in [1.165, 1.54) is 23.6 Å². The molecule has 0 bridgehead atoms. The molecule has 0 amide bonds. The minimum atomic E-state index is -2.75. The molecule has 1 fully saturated rings. The van der Waals surface area contributed by atoms with Crippen LogP contribution in [0.5, 0.6) is 0 Å². The maximum absolute atomic E-state index is 11.8. The lowest BCUT2D eigenvalue weighted by Crippen LogP contribution is -2.68. The molecule has 1 saturated heterocycles. The largest absolute Gasteiger partial charge is 0.466 e. The number of rotatable bonds is 7. The van der Waals surface area contributed by atoms with Gasteiger partial charge in [-0.05, 0) is 28.4 Å². The summed E-state index contributed by atoms with van der Waals surface area (Å²) in [5.74, 6) is -0.398. The van der Waals surface area contributed by atoms with E-state index in [1.54, 1.807) is 6.08 Å². The normalized spacial score (nSPS) is 20.4. The highest BCUT2D eigenvalue weighted by Crippen LogP contribution is 2.41. The first kappa shape index (κ1) is 21.5. The number of hydrogen-bond acceptors (Lipinski definition) is 4. The van der Waals surface area contributed by atoms with Gasteiger partial charge in [0, 0.05) is 6.08 Å². The Labute approximate surface area is 174 Å². The maximum atomic E-state index is 11.8. The lowest BCUT2D eigenvalue weighted by Gasteiger charge is -2.45. The third kappa shape index (κ3) is 4.37. The molecule has 1 heterocycles. The molecule has 2 aromatic rings. The zero-order chi connectivity index (χ0) is 21.1. The molecule has 0 spiro atoms. The number of esters is 1. The molecule has 0 unspecified atom stereocenters. The molecule has 4 nitrogen and oxygen atoms in total. The highest BCUT2D eigenvalue weighted by atomic mass is 28.4. The van der Waals surface area contributed by atoms with E-state index < -0.39 is 19.9 Å². The molecule has 29 heavy (non-hydrogen) atoms. The minimum absolute atomic E-state index is 0.154. The van der Waals surface area contributed by atoms with Crippen LogP contribution in [0.2, 0.25) is 5.04 Å². The van der Waals surface area contributed by atoms with Crippen LogP contribution in [0.25, 0.3) is 0 Å². The number of hydrogen-bond donors (Lipinski definition) is 0. The Bertz CT molecular complexity index is 812. The molecule has 0 aromatic heterocycles. The predicted molar refractivity (Wildman–Crippen MR) is 118 cm³/mol. The van der Waals surface area contributed by atoms with Crippen molar-refractivity contribution in [2.75, 3.05) is 13.7 Å². The van der Waals surface area contributed by atoms with E-state index >= 15 is 0 Å². The second kappa shape index (κ2) is 8.26. The first-order chi connectivity index (χ1) is 13.7. The summed E-state index contributed by atoms with van der Waals surface area (Å²) in [6.45, 7) is 9.32. The van der Waals surface area contributed by atoms with Crippen LogP contribution in [0.15, 0.2) is 72.8 Å². The Morgan fingerprint density at radius 3 is 1.93 bits per heavy atom. The molecular weight excluding hydrogens is 380 g/mol. The predicted octanol–water partition coefficient (Wildman–Crippen LogP) is 3.45. The van der Waals surface area contributed by atoms with Crippen LogP contribution in [0.4, 0.5) is 0 Å². The molecule has 3 rings (SSSR count). The lowest BCUT2D eigenvalue weighted by atomic mass is 10.1. The van der Waals surface area contributed by atoms with Gasteiger partial charge in [-0.1, -0.05) is 81.4 Å². The Kier molecular flexibility index (Phi) is 6.12. The number of carbonyl (C=O) groups is 1. The monoisotopic (exact) mass is 410 g/mol. The smallest absolute Gasteiger partial charge is 0.330 e. The fraction of sp³-hybridized carbons (Fsp3) is 0.375. The summed E-state index contributed by atoms with van der Waals surface area (Å²) in [5, 5.41) is 2.23. The Balaban J connectivity index is 2.16. The van der Waals surface area contributed by atoms with Crippen molar-refractivity contribution in [3.05, 3.63) is 72.8 Å². The average molecular weight is 411 g/mol. The Hall–Kier alpha value is -2.21.